The van der Waals surface area contributed by atoms with Gasteiger partial charge in [-0.2, -0.15) is 9.90 Å². The van der Waals surface area contributed by atoms with Crippen LogP contribution in [0.15, 0.2) is 91.0 Å². The van der Waals surface area contributed by atoms with E-state index < -0.39 is 7.26 Å². The van der Waals surface area contributed by atoms with Crippen LogP contribution in [0.5, 0.6) is 0 Å². The van der Waals surface area contributed by atoms with E-state index in [0.717, 1.165) is 0 Å². The Kier molecular flexibility index (Phi) is 12.0. The van der Waals surface area contributed by atoms with Crippen molar-refractivity contribution in [1.29, 1.82) is 0 Å². The zero-order valence-corrected chi connectivity index (χ0v) is 19.1. The van der Waals surface area contributed by atoms with Crippen LogP contribution in [0.2, 0.25) is 0 Å². The number of rotatable bonds is 6. The zero-order valence-electron chi connectivity index (χ0n) is 15.2. The van der Waals surface area contributed by atoms with Crippen LogP contribution in [0, 0.1) is 0 Å². The van der Waals surface area contributed by atoms with Gasteiger partial charge in [0, 0.05) is 0 Å². The molecular weight excluding hydrogens is 397 g/mol. The molecule has 3 aromatic carbocycles. The van der Waals surface area contributed by atoms with E-state index in [1.165, 1.54) is 34.9 Å². The second kappa shape index (κ2) is 12.5. The van der Waals surface area contributed by atoms with Gasteiger partial charge in [-0.05, 0) is 42.8 Å². The molecule has 0 fully saturated rings. The Morgan fingerprint density at radius 2 is 0.923 bits per heavy atom. The smallest absolute Gasteiger partial charge is 0.112 e. The first-order valence-electron chi connectivity index (χ1n) is 8.43. The number of unbranched alkanes of at least 4 members (excludes halogenated alkanes) is 1. The van der Waals surface area contributed by atoms with E-state index in [-0.39, 0.29) is 34.7 Å². The van der Waals surface area contributed by atoms with Gasteiger partial charge < -0.3 is 12.4 Å². The lowest BCUT2D eigenvalue weighted by molar-refractivity contribution is -0.00000486. The van der Waals surface area contributed by atoms with E-state index in [9.17, 15) is 0 Å². The van der Waals surface area contributed by atoms with Crippen molar-refractivity contribution in [2.75, 3.05) is 6.16 Å². The highest BCUT2D eigenvalue weighted by Crippen LogP contribution is 2.55. The van der Waals surface area contributed by atoms with Gasteiger partial charge in [-0.3, -0.25) is 0 Å². The molecule has 0 aliphatic heterocycles. The molecule has 3 rings (SSSR count). The van der Waals surface area contributed by atoms with Crippen molar-refractivity contribution in [3.8, 4) is 0 Å². The molecule has 4 heteroatoms. The SMILES string of the molecule is CCCC[P+](c1ccccc1)(c1ccccc1)c1ccccc1.Cl.P.[Cl-]. The van der Waals surface area contributed by atoms with Gasteiger partial charge in [-0.1, -0.05) is 67.9 Å². The fourth-order valence-electron chi connectivity index (χ4n) is 3.28. The zero-order chi connectivity index (χ0) is 16.0. The monoisotopic (exact) mass is 424 g/mol. The maximum Gasteiger partial charge on any atom is 0.112 e. The summed E-state index contributed by atoms with van der Waals surface area (Å²) in [5.74, 6) is 0. The van der Waals surface area contributed by atoms with Gasteiger partial charge in [-0.25, -0.2) is 0 Å². The van der Waals surface area contributed by atoms with Crippen molar-refractivity contribution in [3.05, 3.63) is 91.0 Å². The van der Waals surface area contributed by atoms with Crippen LogP contribution in [0.4, 0.5) is 0 Å². The molecule has 0 spiro atoms. The quantitative estimate of drug-likeness (QED) is 0.532. The van der Waals surface area contributed by atoms with E-state index in [0.29, 0.717) is 0 Å². The van der Waals surface area contributed by atoms with Gasteiger partial charge in [-0.15, -0.1) is 12.4 Å². The minimum absolute atomic E-state index is 0. The lowest BCUT2D eigenvalue weighted by Crippen LogP contribution is -3.00. The molecule has 3 aromatic rings. The van der Waals surface area contributed by atoms with E-state index >= 15 is 0 Å². The van der Waals surface area contributed by atoms with Crippen LogP contribution in [0.1, 0.15) is 19.8 Å². The predicted octanol–water partition coefficient (Wildman–Crippen LogP) is 2.26. The Bertz CT molecular complexity index is 622. The Morgan fingerprint density at radius 1 is 0.615 bits per heavy atom. The van der Waals surface area contributed by atoms with Crippen LogP contribution in [0.3, 0.4) is 0 Å². The number of benzene rings is 3. The predicted molar refractivity (Wildman–Crippen MR) is 123 cm³/mol. The summed E-state index contributed by atoms with van der Waals surface area (Å²) < 4.78 is 0. The molecule has 1 unspecified atom stereocenters. The molecule has 0 aliphatic carbocycles. The molecule has 0 saturated heterocycles. The molecule has 0 nitrogen and oxygen atoms in total. The van der Waals surface area contributed by atoms with Crippen LogP contribution in [-0.4, -0.2) is 6.16 Å². The lowest BCUT2D eigenvalue weighted by Gasteiger charge is -2.27. The van der Waals surface area contributed by atoms with Crippen LogP contribution in [0.25, 0.3) is 0 Å². The molecule has 0 aromatic heterocycles. The average molecular weight is 425 g/mol. The third kappa shape index (κ3) is 5.31. The molecule has 140 valence electrons. The van der Waals surface area contributed by atoms with E-state index in [2.05, 4.69) is 97.9 Å². The molecule has 0 amide bonds. The highest BCUT2D eigenvalue weighted by Gasteiger charge is 2.44. The van der Waals surface area contributed by atoms with Gasteiger partial charge in [0.15, 0.2) is 0 Å². The van der Waals surface area contributed by atoms with E-state index in [1.807, 2.05) is 0 Å². The molecular formula is C22H28Cl2P2. The first-order valence-corrected chi connectivity index (χ1v) is 10.4. The van der Waals surface area contributed by atoms with Crippen LogP contribution < -0.4 is 28.3 Å². The normalized spacial score (nSPS) is 10.0. The second-order valence-corrected chi connectivity index (χ2v) is 9.51. The topological polar surface area (TPSA) is 0 Å². The van der Waals surface area contributed by atoms with Crippen molar-refractivity contribution >= 4 is 45.5 Å². The largest absolute Gasteiger partial charge is 1.00 e. The summed E-state index contributed by atoms with van der Waals surface area (Å²) in [5, 5.41) is 4.47. The maximum atomic E-state index is 2.32. The fourth-order valence-corrected chi connectivity index (χ4v) is 7.78. The average Bonchev–Trinajstić information content (AvgIpc) is 2.65. The summed E-state index contributed by atoms with van der Waals surface area (Å²) in [4.78, 5) is 0. The van der Waals surface area contributed by atoms with Crippen molar-refractivity contribution in [2.45, 2.75) is 19.8 Å². The summed E-state index contributed by atoms with van der Waals surface area (Å²) >= 11 is 0. The lowest BCUT2D eigenvalue weighted by atomic mass is 10.3. The van der Waals surface area contributed by atoms with Crippen molar-refractivity contribution in [3.63, 3.8) is 0 Å². The highest BCUT2D eigenvalue weighted by molar-refractivity contribution is 7.95. The standard InChI is InChI=1S/C22H24P.2ClH.H3P/c1-2-3-19-23(20-13-7-4-8-14-20,21-15-9-5-10-16-21)22-17-11-6-12-18-22;;;/h4-18H,2-3,19H2,1H3;2*1H;1H3/q+1;;;/p-1. The van der Waals surface area contributed by atoms with E-state index in [4.69, 9.17) is 0 Å². The summed E-state index contributed by atoms with van der Waals surface area (Å²) in [6, 6.07) is 33.4. The van der Waals surface area contributed by atoms with Crippen molar-refractivity contribution in [1.82, 2.24) is 0 Å². The first-order chi connectivity index (χ1) is 11.4. The first kappa shape index (κ1) is 25.1. The second-order valence-electron chi connectivity index (χ2n) is 5.89. The van der Waals surface area contributed by atoms with Gasteiger partial charge in [0.2, 0.25) is 0 Å². The summed E-state index contributed by atoms with van der Waals surface area (Å²) in [6.07, 6.45) is 3.72. The Labute approximate surface area is 174 Å². The van der Waals surface area contributed by atoms with Crippen molar-refractivity contribution in [2.24, 2.45) is 0 Å². The third-order valence-corrected chi connectivity index (χ3v) is 8.96. The Balaban J connectivity index is 0.00000208. The maximum absolute atomic E-state index is 2.32. The molecule has 0 radical (unpaired) electrons. The van der Waals surface area contributed by atoms with Crippen molar-refractivity contribution < 1.29 is 12.4 Å². The van der Waals surface area contributed by atoms with Gasteiger partial charge in [0.25, 0.3) is 0 Å². The Hall–Kier alpha value is -0.900. The van der Waals surface area contributed by atoms with Gasteiger partial charge >= 0.3 is 0 Å². The molecule has 0 N–H and O–H groups in total. The van der Waals surface area contributed by atoms with Crippen LogP contribution >= 0.6 is 29.6 Å². The molecule has 0 aliphatic rings. The molecule has 0 saturated carbocycles. The summed E-state index contributed by atoms with van der Waals surface area (Å²) in [5.41, 5.74) is 0. The minimum atomic E-state index is -1.57. The Morgan fingerprint density at radius 3 is 1.19 bits per heavy atom. The van der Waals surface area contributed by atoms with Gasteiger partial charge in [0.05, 0.1) is 6.16 Å². The number of halogens is 2. The molecule has 0 bridgehead atoms. The number of hydrogen-bond donors (Lipinski definition) is 0. The fraction of sp³-hybridized carbons (Fsp3) is 0.182. The summed E-state index contributed by atoms with van der Waals surface area (Å²) in [6.45, 7) is 2.29. The van der Waals surface area contributed by atoms with Gasteiger partial charge in [0.1, 0.15) is 23.2 Å². The van der Waals surface area contributed by atoms with E-state index in [1.54, 1.807) is 0 Å². The minimum Gasteiger partial charge on any atom is -1.00 e. The summed E-state index contributed by atoms with van der Waals surface area (Å²) in [7, 11) is -1.57. The highest BCUT2D eigenvalue weighted by atomic mass is 35.5. The molecule has 1 atom stereocenters. The third-order valence-electron chi connectivity index (χ3n) is 4.44. The number of hydrogen-bond acceptors (Lipinski definition) is 0. The van der Waals surface area contributed by atoms with Crippen LogP contribution in [-0.2, 0) is 0 Å². The molecule has 0 heterocycles. The molecule has 26 heavy (non-hydrogen) atoms.